The summed E-state index contributed by atoms with van der Waals surface area (Å²) in [6, 6.07) is 0. The van der Waals surface area contributed by atoms with Crippen molar-refractivity contribution >= 4 is 31.9 Å². The zero-order valence-corrected chi connectivity index (χ0v) is 10.2. The summed E-state index contributed by atoms with van der Waals surface area (Å²) in [6.45, 7) is 0. The average Bonchev–Trinajstić information content (AvgIpc) is 2.07. The maximum absolute atomic E-state index is 3.68. The fourth-order valence-electron chi connectivity index (χ4n) is 2.04. The van der Waals surface area contributed by atoms with Gasteiger partial charge in [0, 0.05) is 0 Å². The second kappa shape index (κ2) is 3.67. The molecule has 66 valence electrons. The van der Waals surface area contributed by atoms with Gasteiger partial charge in [-0.3, -0.25) is 0 Å². The Balaban J connectivity index is 2.43. The predicted octanol–water partition coefficient (Wildman–Crippen LogP) is 4.65. The maximum atomic E-state index is 3.68. The van der Waals surface area contributed by atoms with Crippen molar-refractivity contribution in [2.45, 2.75) is 38.5 Å². The number of allylic oxidation sites excluding steroid dienone is 4. The monoisotopic (exact) mass is 290 g/mol. The molecule has 0 amide bonds. The van der Waals surface area contributed by atoms with Gasteiger partial charge in [0.15, 0.2) is 0 Å². The Labute approximate surface area is 90.4 Å². The summed E-state index contributed by atoms with van der Waals surface area (Å²) in [4.78, 5) is 0. The maximum Gasteiger partial charge on any atom is -0.00142 e. The molecule has 2 heteroatoms. The molecule has 0 aliphatic heterocycles. The lowest BCUT2D eigenvalue weighted by Crippen LogP contribution is -2.06. The van der Waals surface area contributed by atoms with Crippen molar-refractivity contribution in [2.75, 3.05) is 0 Å². The molecule has 0 fully saturated rings. The van der Waals surface area contributed by atoms with E-state index in [-0.39, 0.29) is 0 Å². The predicted molar refractivity (Wildman–Crippen MR) is 59.6 cm³/mol. The topological polar surface area (TPSA) is 0 Å². The fourth-order valence-corrected chi connectivity index (χ4v) is 3.48. The van der Waals surface area contributed by atoms with E-state index in [0.29, 0.717) is 0 Å². The highest BCUT2D eigenvalue weighted by molar-refractivity contribution is 9.12. The van der Waals surface area contributed by atoms with Gasteiger partial charge >= 0.3 is 0 Å². The average molecular weight is 292 g/mol. The summed E-state index contributed by atoms with van der Waals surface area (Å²) in [5, 5.41) is 0. The number of hydrogen-bond acceptors (Lipinski definition) is 0. The van der Waals surface area contributed by atoms with Crippen LogP contribution in [0.3, 0.4) is 0 Å². The minimum atomic E-state index is 1.25. The molecule has 0 aromatic rings. The number of hydrogen-bond donors (Lipinski definition) is 0. The van der Waals surface area contributed by atoms with Crippen molar-refractivity contribution in [2.24, 2.45) is 0 Å². The van der Waals surface area contributed by atoms with Crippen molar-refractivity contribution in [1.29, 1.82) is 0 Å². The summed E-state index contributed by atoms with van der Waals surface area (Å²) >= 11 is 7.36. The Bertz CT molecular complexity index is 233. The summed E-state index contributed by atoms with van der Waals surface area (Å²) in [6.07, 6.45) is 7.69. The summed E-state index contributed by atoms with van der Waals surface area (Å²) in [5.74, 6) is 0. The van der Waals surface area contributed by atoms with Crippen LogP contribution < -0.4 is 0 Å². The molecule has 0 aromatic heterocycles. The standard InChI is InChI=1S/C10H12Br2/c11-9-5-1-3-7-8(9)4-2-6-10(7)12/h1-6H2. The van der Waals surface area contributed by atoms with Gasteiger partial charge in [-0.25, -0.2) is 0 Å². The van der Waals surface area contributed by atoms with E-state index in [2.05, 4.69) is 31.9 Å². The summed E-state index contributed by atoms with van der Waals surface area (Å²) < 4.78 is 2.92. The van der Waals surface area contributed by atoms with E-state index in [1.54, 1.807) is 11.1 Å². The van der Waals surface area contributed by atoms with E-state index in [4.69, 9.17) is 0 Å². The molecule has 0 saturated carbocycles. The van der Waals surface area contributed by atoms with Crippen LogP contribution in [-0.2, 0) is 0 Å². The molecular formula is C10H12Br2. The second-order valence-corrected chi connectivity index (χ2v) is 5.39. The quantitative estimate of drug-likeness (QED) is 0.609. The first-order chi connectivity index (χ1) is 5.79. The van der Waals surface area contributed by atoms with Gasteiger partial charge in [-0.2, -0.15) is 0 Å². The Hall–Kier alpha value is 0.440. The smallest absolute Gasteiger partial charge is 0.00142 e. The third-order valence-electron chi connectivity index (χ3n) is 2.67. The summed E-state index contributed by atoms with van der Waals surface area (Å²) in [7, 11) is 0. The lowest BCUT2D eigenvalue weighted by atomic mass is 9.86. The van der Waals surface area contributed by atoms with E-state index in [9.17, 15) is 0 Å². The molecule has 2 aliphatic carbocycles. The number of halogens is 2. The first-order valence-electron chi connectivity index (χ1n) is 4.54. The lowest BCUT2D eigenvalue weighted by Gasteiger charge is -2.25. The Kier molecular flexibility index (Phi) is 2.75. The van der Waals surface area contributed by atoms with Crippen molar-refractivity contribution < 1.29 is 0 Å². The normalized spacial score (nSPS) is 24.5. The van der Waals surface area contributed by atoms with Crippen molar-refractivity contribution in [3.63, 3.8) is 0 Å². The molecule has 0 atom stereocenters. The lowest BCUT2D eigenvalue weighted by molar-refractivity contribution is 0.706. The third kappa shape index (κ3) is 1.56. The van der Waals surface area contributed by atoms with Gasteiger partial charge in [0.2, 0.25) is 0 Å². The van der Waals surface area contributed by atoms with Gasteiger partial charge in [-0.15, -0.1) is 0 Å². The molecule has 2 rings (SSSR count). The number of rotatable bonds is 0. The Morgan fingerprint density at radius 3 is 1.50 bits per heavy atom. The molecule has 0 spiro atoms. The highest BCUT2D eigenvalue weighted by Gasteiger charge is 2.21. The SMILES string of the molecule is BrC1=C2CCCC(Br)=C2CCC1. The molecule has 0 bridgehead atoms. The summed E-state index contributed by atoms with van der Waals surface area (Å²) in [5.41, 5.74) is 3.19. The highest BCUT2D eigenvalue weighted by atomic mass is 79.9. The molecule has 0 radical (unpaired) electrons. The Morgan fingerprint density at radius 2 is 1.08 bits per heavy atom. The van der Waals surface area contributed by atoms with E-state index in [1.807, 2.05) is 0 Å². The molecular weight excluding hydrogens is 280 g/mol. The molecule has 0 saturated heterocycles. The van der Waals surface area contributed by atoms with Crippen molar-refractivity contribution in [3.05, 3.63) is 20.1 Å². The van der Waals surface area contributed by atoms with Crippen LogP contribution in [0.15, 0.2) is 20.1 Å². The molecule has 0 nitrogen and oxygen atoms in total. The largest absolute Gasteiger partial charge is 0.0553 e. The van der Waals surface area contributed by atoms with E-state index >= 15 is 0 Å². The van der Waals surface area contributed by atoms with Crippen LogP contribution in [0.1, 0.15) is 38.5 Å². The molecule has 0 N–H and O–H groups in total. The van der Waals surface area contributed by atoms with Gasteiger partial charge in [-0.05, 0) is 58.6 Å². The van der Waals surface area contributed by atoms with Gasteiger partial charge < -0.3 is 0 Å². The molecule has 0 aromatic carbocycles. The zero-order chi connectivity index (χ0) is 8.55. The van der Waals surface area contributed by atoms with Gasteiger partial charge in [0.05, 0.1) is 0 Å². The fraction of sp³-hybridized carbons (Fsp3) is 0.600. The Morgan fingerprint density at radius 1 is 0.667 bits per heavy atom. The van der Waals surface area contributed by atoms with Crippen molar-refractivity contribution in [3.8, 4) is 0 Å². The minimum absolute atomic E-state index is 1.25. The van der Waals surface area contributed by atoms with E-state index in [1.165, 1.54) is 47.5 Å². The third-order valence-corrected chi connectivity index (χ3v) is 4.42. The van der Waals surface area contributed by atoms with Crippen LogP contribution in [0.2, 0.25) is 0 Å². The van der Waals surface area contributed by atoms with Gasteiger partial charge in [0.25, 0.3) is 0 Å². The van der Waals surface area contributed by atoms with Crippen LogP contribution in [0.5, 0.6) is 0 Å². The van der Waals surface area contributed by atoms with Gasteiger partial charge in [0.1, 0.15) is 0 Å². The first kappa shape index (κ1) is 9.01. The molecule has 2 aliphatic rings. The van der Waals surface area contributed by atoms with Crippen LogP contribution in [0, 0.1) is 0 Å². The first-order valence-corrected chi connectivity index (χ1v) is 6.13. The van der Waals surface area contributed by atoms with Crippen LogP contribution in [0.4, 0.5) is 0 Å². The van der Waals surface area contributed by atoms with Crippen molar-refractivity contribution in [1.82, 2.24) is 0 Å². The second-order valence-electron chi connectivity index (χ2n) is 3.47. The minimum Gasteiger partial charge on any atom is -0.0553 e. The zero-order valence-electron chi connectivity index (χ0n) is 7.00. The van der Waals surface area contributed by atoms with Crippen LogP contribution in [0.25, 0.3) is 0 Å². The van der Waals surface area contributed by atoms with E-state index < -0.39 is 0 Å². The van der Waals surface area contributed by atoms with Gasteiger partial charge in [-0.1, -0.05) is 31.9 Å². The van der Waals surface area contributed by atoms with Crippen LogP contribution in [-0.4, -0.2) is 0 Å². The molecule has 0 heterocycles. The highest BCUT2D eigenvalue weighted by Crippen LogP contribution is 2.43. The molecule has 0 unspecified atom stereocenters. The molecule has 12 heavy (non-hydrogen) atoms. The van der Waals surface area contributed by atoms with Crippen LogP contribution >= 0.6 is 31.9 Å². The van der Waals surface area contributed by atoms with E-state index in [0.717, 1.165) is 0 Å². The number of fused-ring (bicyclic) bond motifs is 1.